The minimum absolute atomic E-state index is 0.0694. The largest absolute Gasteiger partial charge is 0.372 e. The van der Waals surface area contributed by atoms with Crippen LogP contribution in [0.2, 0.25) is 0 Å². The third kappa shape index (κ3) is 2.51. The second kappa shape index (κ2) is 5.03. The topological polar surface area (TPSA) is 64.7 Å². The maximum Gasteiger partial charge on any atom is 0.264 e. The molecule has 2 saturated heterocycles. The van der Waals surface area contributed by atoms with Crippen LogP contribution >= 0.6 is 12.2 Å². The van der Waals surface area contributed by atoms with Gasteiger partial charge in [-0.05, 0) is 26.2 Å². The van der Waals surface area contributed by atoms with Crippen molar-refractivity contribution in [2.45, 2.75) is 6.92 Å². The molecule has 0 bridgehead atoms. The molecule has 0 aliphatic carbocycles. The van der Waals surface area contributed by atoms with Gasteiger partial charge in [0.15, 0.2) is 5.11 Å². The van der Waals surface area contributed by atoms with Gasteiger partial charge in [-0.3, -0.25) is 20.2 Å². The zero-order chi connectivity index (χ0) is 13.3. The molecule has 2 amide bonds. The Balaban J connectivity index is 2.21. The molecule has 2 N–H and O–H groups in total. The average molecular weight is 268 g/mol. The first-order valence-electron chi connectivity index (χ1n) is 5.80. The van der Waals surface area contributed by atoms with Crippen LogP contribution in [0.1, 0.15) is 6.92 Å². The molecule has 0 spiro atoms. The molecule has 0 radical (unpaired) electrons. The number of hydrogen-bond donors (Lipinski definition) is 2. The Morgan fingerprint density at radius 2 is 1.61 bits per heavy atom. The first kappa shape index (κ1) is 13.0. The van der Waals surface area contributed by atoms with Gasteiger partial charge in [0.25, 0.3) is 11.8 Å². The van der Waals surface area contributed by atoms with Crippen LogP contribution in [0.15, 0.2) is 11.3 Å². The number of likely N-dealkylation sites (N-methyl/N-ethyl adjacent to an activating group) is 1. The van der Waals surface area contributed by atoms with Crippen LogP contribution in [0, 0.1) is 0 Å². The summed E-state index contributed by atoms with van der Waals surface area (Å²) in [6.45, 7) is 5.28. The van der Waals surface area contributed by atoms with E-state index in [1.165, 1.54) is 0 Å². The predicted octanol–water partition coefficient (Wildman–Crippen LogP) is -0.961. The minimum atomic E-state index is -0.417. The van der Waals surface area contributed by atoms with E-state index in [0.717, 1.165) is 26.2 Å². The zero-order valence-electron chi connectivity index (χ0n) is 10.4. The molecule has 0 aromatic rings. The van der Waals surface area contributed by atoms with E-state index < -0.39 is 11.8 Å². The molecule has 2 aliphatic rings. The lowest BCUT2D eigenvalue weighted by Gasteiger charge is -2.35. The van der Waals surface area contributed by atoms with E-state index >= 15 is 0 Å². The molecule has 0 aromatic heterocycles. The molecule has 2 aliphatic heterocycles. The van der Waals surface area contributed by atoms with Gasteiger partial charge in [-0.25, -0.2) is 0 Å². The fraction of sp³-hybridized carbons (Fsp3) is 0.545. The summed E-state index contributed by atoms with van der Waals surface area (Å²) >= 11 is 4.76. The Hall–Kier alpha value is -1.47. The van der Waals surface area contributed by atoms with Crippen molar-refractivity contribution >= 4 is 29.1 Å². The van der Waals surface area contributed by atoms with Gasteiger partial charge in [0.1, 0.15) is 5.57 Å². The Labute approximate surface area is 111 Å². The number of nitrogens with zero attached hydrogens (tertiary/aromatic N) is 2. The van der Waals surface area contributed by atoms with Crippen LogP contribution in [-0.4, -0.2) is 60.0 Å². The summed E-state index contributed by atoms with van der Waals surface area (Å²) in [5.41, 5.74) is 0.869. The van der Waals surface area contributed by atoms with Crippen molar-refractivity contribution in [1.29, 1.82) is 0 Å². The summed E-state index contributed by atoms with van der Waals surface area (Å²) in [6.07, 6.45) is 0. The SMILES string of the molecule is CC(=C1C(=O)NC(=S)NC1=O)N1CCN(C)CC1. The molecule has 0 saturated carbocycles. The summed E-state index contributed by atoms with van der Waals surface area (Å²) in [6, 6.07) is 0. The monoisotopic (exact) mass is 268 g/mol. The first-order valence-corrected chi connectivity index (χ1v) is 6.21. The molecule has 2 heterocycles. The minimum Gasteiger partial charge on any atom is -0.372 e. The van der Waals surface area contributed by atoms with Gasteiger partial charge in [-0.15, -0.1) is 0 Å². The molecule has 98 valence electrons. The molecular weight excluding hydrogens is 252 g/mol. The molecule has 0 atom stereocenters. The van der Waals surface area contributed by atoms with Crippen molar-refractivity contribution in [3.05, 3.63) is 11.3 Å². The highest BCUT2D eigenvalue weighted by Gasteiger charge is 2.30. The van der Waals surface area contributed by atoms with E-state index in [9.17, 15) is 9.59 Å². The fourth-order valence-electron chi connectivity index (χ4n) is 2.09. The van der Waals surface area contributed by atoms with Crippen LogP contribution in [0.4, 0.5) is 0 Å². The van der Waals surface area contributed by atoms with Crippen LogP contribution in [0.25, 0.3) is 0 Å². The highest BCUT2D eigenvalue weighted by molar-refractivity contribution is 7.80. The lowest BCUT2D eigenvalue weighted by molar-refractivity contribution is -0.123. The third-order valence-corrected chi connectivity index (χ3v) is 3.45. The Morgan fingerprint density at radius 1 is 1.11 bits per heavy atom. The standard InChI is InChI=1S/C11H16N4O2S/c1-7(15-5-3-14(2)4-6-15)8-9(16)12-11(18)13-10(8)17/h3-6H2,1-2H3,(H2,12,13,16,17,18). The van der Waals surface area contributed by atoms with Gasteiger partial charge in [-0.1, -0.05) is 0 Å². The molecule has 0 unspecified atom stereocenters. The number of carbonyl (C=O) groups excluding carboxylic acids is 2. The van der Waals surface area contributed by atoms with E-state index in [1.54, 1.807) is 6.92 Å². The van der Waals surface area contributed by atoms with Crippen LogP contribution in [0.5, 0.6) is 0 Å². The number of allylic oxidation sites excluding steroid dienone is 1. The summed E-state index contributed by atoms with van der Waals surface area (Å²) < 4.78 is 0. The fourth-order valence-corrected chi connectivity index (χ4v) is 2.28. The maximum atomic E-state index is 11.8. The average Bonchev–Trinajstić information content (AvgIpc) is 2.28. The third-order valence-electron chi connectivity index (χ3n) is 3.25. The van der Waals surface area contributed by atoms with Crippen molar-refractivity contribution in [3.8, 4) is 0 Å². The lowest BCUT2D eigenvalue weighted by Crippen LogP contribution is -2.53. The number of hydrogen-bond acceptors (Lipinski definition) is 5. The summed E-state index contributed by atoms with van der Waals surface area (Å²) in [5, 5.41) is 4.98. The van der Waals surface area contributed by atoms with Gasteiger partial charge >= 0.3 is 0 Å². The quantitative estimate of drug-likeness (QED) is 0.364. The summed E-state index contributed by atoms with van der Waals surface area (Å²) in [7, 11) is 2.05. The highest BCUT2D eigenvalue weighted by Crippen LogP contribution is 2.14. The van der Waals surface area contributed by atoms with Gasteiger partial charge in [-0.2, -0.15) is 0 Å². The molecular formula is C11H16N4O2S. The van der Waals surface area contributed by atoms with Crippen molar-refractivity contribution in [1.82, 2.24) is 20.4 Å². The van der Waals surface area contributed by atoms with Crippen LogP contribution in [-0.2, 0) is 9.59 Å². The van der Waals surface area contributed by atoms with Gasteiger partial charge in [0.05, 0.1) is 0 Å². The number of thiocarbonyl (C=S) groups is 1. The smallest absolute Gasteiger partial charge is 0.264 e. The van der Waals surface area contributed by atoms with Crippen molar-refractivity contribution in [2.75, 3.05) is 33.2 Å². The summed E-state index contributed by atoms with van der Waals surface area (Å²) in [5.74, 6) is -0.833. The van der Waals surface area contributed by atoms with Gasteiger partial charge in [0, 0.05) is 31.9 Å². The number of rotatable bonds is 1. The Morgan fingerprint density at radius 3 is 2.11 bits per heavy atom. The van der Waals surface area contributed by atoms with Gasteiger partial charge < -0.3 is 9.80 Å². The van der Waals surface area contributed by atoms with E-state index in [-0.39, 0.29) is 10.7 Å². The van der Waals surface area contributed by atoms with Crippen molar-refractivity contribution in [3.63, 3.8) is 0 Å². The van der Waals surface area contributed by atoms with E-state index in [1.807, 2.05) is 0 Å². The molecule has 6 nitrogen and oxygen atoms in total. The zero-order valence-corrected chi connectivity index (χ0v) is 11.3. The highest BCUT2D eigenvalue weighted by atomic mass is 32.1. The van der Waals surface area contributed by atoms with E-state index in [4.69, 9.17) is 12.2 Å². The van der Waals surface area contributed by atoms with Crippen LogP contribution in [0.3, 0.4) is 0 Å². The van der Waals surface area contributed by atoms with E-state index in [2.05, 4.69) is 27.5 Å². The number of nitrogens with one attached hydrogen (secondary N) is 2. The molecule has 18 heavy (non-hydrogen) atoms. The predicted molar refractivity (Wildman–Crippen MR) is 70.7 cm³/mol. The Bertz CT molecular complexity index is 416. The normalized spacial score (nSPS) is 21.8. The first-order chi connectivity index (χ1) is 8.49. The summed E-state index contributed by atoms with van der Waals surface area (Å²) in [4.78, 5) is 27.9. The maximum absolute atomic E-state index is 11.8. The van der Waals surface area contributed by atoms with Gasteiger partial charge in [0.2, 0.25) is 0 Å². The number of carbonyl (C=O) groups is 2. The second-order valence-corrected chi connectivity index (χ2v) is 4.90. The lowest BCUT2D eigenvalue weighted by atomic mass is 10.1. The number of amides is 2. The van der Waals surface area contributed by atoms with Crippen molar-refractivity contribution < 1.29 is 9.59 Å². The molecule has 0 aromatic carbocycles. The van der Waals surface area contributed by atoms with Crippen molar-refractivity contribution in [2.24, 2.45) is 0 Å². The second-order valence-electron chi connectivity index (χ2n) is 4.49. The molecule has 2 rings (SSSR count). The molecule has 7 heteroatoms. The molecule has 2 fully saturated rings. The Kier molecular flexibility index (Phi) is 3.63. The van der Waals surface area contributed by atoms with E-state index in [0.29, 0.717) is 5.70 Å². The van der Waals surface area contributed by atoms with Crippen LogP contribution < -0.4 is 10.6 Å². The number of piperazine rings is 1.